The maximum Gasteiger partial charge on any atom is 0.533 e. The Bertz CT molecular complexity index is 1090. The maximum atomic E-state index is 11.7. The first kappa shape index (κ1) is 20.3. The summed E-state index contributed by atoms with van der Waals surface area (Å²) in [7, 11) is 0. The Morgan fingerprint density at radius 1 is 0.968 bits per heavy atom. The van der Waals surface area contributed by atoms with E-state index in [1.165, 1.54) is 0 Å². The van der Waals surface area contributed by atoms with Crippen molar-refractivity contribution in [3.8, 4) is 22.6 Å². The third-order valence-corrected chi connectivity index (χ3v) is 4.86. The van der Waals surface area contributed by atoms with E-state index in [0.29, 0.717) is 28.8 Å². The van der Waals surface area contributed by atoms with E-state index in [4.69, 9.17) is 9.15 Å². The molecule has 31 heavy (non-hydrogen) atoms. The monoisotopic (exact) mass is 420 g/mol. The van der Waals surface area contributed by atoms with Gasteiger partial charge in [-0.2, -0.15) is 0 Å². The van der Waals surface area contributed by atoms with Gasteiger partial charge in [-0.15, -0.1) is 0 Å². The standard InChI is InChI=1S/C23H20N2O6/c1-15-19(13-14-29-23(28)31-25-20(26)11-12-21(25)27)24-22(30-15)18-9-7-17(8-10-18)16-5-3-2-4-6-16/h2-10H,11-14H2,1H3. The van der Waals surface area contributed by atoms with E-state index in [0.717, 1.165) is 16.7 Å². The Morgan fingerprint density at radius 3 is 2.26 bits per heavy atom. The largest absolute Gasteiger partial charge is 0.533 e. The van der Waals surface area contributed by atoms with Crippen molar-refractivity contribution >= 4 is 18.0 Å². The number of aromatic nitrogens is 1. The summed E-state index contributed by atoms with van der Waals surface area (Å²) < 4.78 is 10.7. The first-order valence-electron chi connectivity index (χ1n) is 9.84. The third kappa shape index (κ3) is 4.63. The third-order valence-electron chi connectivity index (χ3n) is 4.86. The number of amides is 2. The second kappa shape index (κ2) is 8.83. The van der Waals surface area contributed by atoms with Gasteiger partial charge >= 0.3 is 6.16 Å². The number of rotatable bonds is 6. The van der Waals surface area contributed by atoms with E-state index in [1.807, 2.05) is 54.6 Å². The maximum absolute atomic E-state index is 11.7. The fourth-order valence-corrected chi connectivity index (χ4v) is 3.21. The summed E-state index contributed by atoms with van der Waals surface area (Å²) in [5, 5.41) is 0.445. The molecule has 1 aliphatic rings. The molecule has 2 aromatic carbocycles. The molecule has 8 nitrogen and oxygen atoms in total. The zero-order valence-corrected chi connectivity index (χ0v) is 16.9. The molecule has 0 atom stereocenters. The van der Waals surface area contributed by atoms with E-state index in [-0.39, 0.29) is 19.4 Å². The highest BCUT2D eigenvalue weighted by Crippen LogP contribution is 2.26. The first-order chi connectivity index (χ1) is 15.0. The molecule has 2 heterocycles. The van der Waals surface area contributed by atoms with Gasteiger partial charge in [0.25, 0.3) is 11.8 Å². The molecular weight excluding hydrogens is 400 g/mol. The smallest absolute Gasteiger partial charge is 0.441 e. The van der Waals surface area contributed by atoms with Crippen LogP contribution in [0.2, 0.25) is 0 Å². The summed E-state index contributed by atoms with van der Waals surface area (Å²) >= 11 is 0. The van der Waals surface area contributed by atoms with Crippen LogP contribution in [0, 0.1) is 6.92 Å². The molecular formula is C23H20N2O6. The van der Waals surface area contributed by atoms with Gasteiger partial charge in [-0.05, 0) is 30.2 Å². The number of nitrogens with zero attached hydrogens (tertiary/aromatic N) is 2. The summed E-state index contributed by atoms with van der Waals surface area (Å²) in [5.74, 6) is -0.0265. The van der Waals surface area contributed by atoms with Crippen molar-refractivity contribution in [2.75, 3.05) is 6.61 Å². The highest BCUT2D eigenvalue weighted by Gasteiger charge is 2.33. The van der Waals surface area contributed by atoms with Crippen molar-refractivity contribution in [3.05, 3.63) is 66.1 Å². The minimum atomic E-state index is -1.11. The van der Waals surface area contributed by atoms with Crippen molar-refractivity contribution in [1.29, 1.82) is 0 Å². The summed E-state index contributed by atoms with van der Waals surface area (Å²) in [6.45, 7) is 1.75. The minimum Gasteiger partial charge on any atom is -0.441 e. The lowest BCUT2D eigenvalue weighted by molar-refractivity contribution is -0.177. The Morgan fingerprint density at radius 2 is 1.58 bits per heavy atom. The van der Waals surface area contributed by atoms with Gasteiger partial charge < -0.3 is 9.15 Å². The second-order valence-electron chi connectivity index (χ2n) is 6.99. The van der Waals surface area contributed by atoms with Crippen LogP contribution in [0.4, 0.5) is 4.79 Å². The molecule has 3 aromatic rings. The van der Waals surface area contributed by atoms with Crippen LogP contribution in [0.5, 0.6) is 0 Å². The van der Waals surface area contributed by atoms with E-state index >= 15 is 0 Å². The molecule has 158 valence electrons. The Kier molecular flexibility index (Phi) is 5.79. The van der Waals surface area contributed by atoms with Crippen LogP contribution in [0.1, 0.15) is 24.3 Å². The van der Waals surface area contributed by atoms with Gasteiger partial charge in [-0.25, -0.2) is 9.78 Å². The van der Waals surface area contributed by atoms with Gasteiger partial charge in [0, 0.05) is 24.8 Å². The number of carbonyl (C=O) groups is 3. The fourth-order valence-electron chi connectivity index (χ4n) is 3.21. The molecule has 0 spiro atoms. The number of aryl methyl sites for hydroxylation is 1. The highest BCUT2D eigenvalue weighted by atomic mass is 16.8. The number of carbonyl (C=O) groups excluding carboxylic acids is 3. The zero-order chi connectivity index (χ0) is 21.8. The molecule has 8 heteroatoms. The average Bonchev–Trinajstić information content (AvgIpc) is 3.31. The molecule has 0 N–H and O–H groups in total. The zero-order valence-electron chi connectivity index (χ0n) is 16.9. The van der Waals surface area contributed by atoms with Crippen LogP contribution >= 0.6 is 0 Å². The summed E-state index contributed by atoms with van der Waals surface area (Å²) in [6, 6.07) is 17.9. The number of oxazole rings is 1. The molecule has 1 aromatic heterocycles. The molecule has 0 saturated carbocycles. The SMILES string of the molecule is Cc1oc(-c2ccc(-c3ccccc3)cc2)nc1CCOC(=O)ON1C(=O)CCC1=O. The van der Waals surface area contributed by atoms with Crippen molar-refractivity contribution in [3.63, 3.8) is 0 Å². The van der Waals surface area contributed by atoms with E-state index in [2.05, 4.69) is 9.82 Å². The summed E-state index contributed by atoms with van der Waals surface area (Å²) in [4.78, 5) is 43.7. The molecule has 0 bridgehead atoms. The predicted molar refractivity (Wildman–Crippen MR) is 109 cm³/mol. The van der Waals surface area contributed by atoms with E-state index in [1.54, 1.807) is 6.92 Å². The van der Waals surface area contributed by atoms with Crippen molar-refractivity contribution in [1.82, 2.24) is 10.0 Å². The van der Waals surface area contributed by atoms with Gasteiger partial charge in [-0.3, -0.25) is 14.4 Å². The van der Waals surface area contributed by atoms with Crippen LogP contribution < -0.4 is 0 Å². The van der Waals surface area contributed by atoms with Gasteiger partial charge in [0.2, 0.25) is 5.89 Å². The van der Waals surface area contributed by atoms with Gasteiger partial charge in [0.1, 0.15) is 12.4 Å². The van der Waals surface area contributed by atoms with Crippen molar-refractivity contribution < 1.29 is 28.4 Å². The van der Waals surface area contributed by atoms with E-state index in [9.17, 15) is 14.4 Å². The lowest BCUT2D eigenvalue weighted by atomic mass is 10.0. The number of ether oxygens (including phenoxy) is 1. The van der Waals surface area contributed by atoms with Crippen LogP contribution in [-0.2, 0) is 25.6 Å². The molecule has 1 saturated heterocycles. The van der Waals surface area contributed by atoms with Crippen LogP contribution in [0.25, 0.3) is 22.6 Å². The fraction of sp³-hybridized carbons (Fsp3) is 0.217. The Labute approximate surface area is 178 Å². The number of imide groups is 1. The summed E-state index contributed by atoms with van der Waals surface area (Å²) in [6.07, 6.45) is -0.755. The lowest BCUT2D eigenvalue weighted by Crippen LogP contribution is -2.32. The Hall–Kier alpha value is -3.94. The predicted octanol–water partition coefficient (Wildman–Crippen LogP) is 4.08. The quantitative estimate of drug-likeness (QED) is 0.438. The van der Waals surface area contributed by atoms with Gasteiger partial charge in [-0.1, -0.05) is 47.5 Å². The number of benzene rings is 2. The lowest BCUT2D eigenvalue weighted by Gasteiger charge is -2.12. The van der Waals surface area contributed by atoms with Crippen LogP contribution in [0.3, 0.4) is 0 Å². The van der Waals surface area contributed by atoms with Crippen LogP contribution in [-0.4, -0.2) is 34.6 Å². The topological polar surface area (TPSA) is 98.9 Å². The van der Waals surface area contributed by atoms with Gasteiger partial charge in [0.15, 0.2) is 0 Å². The molecule has 0 unspecified atom stereocenters. The molecule has 1 aliphatic heterocycles. The van der Waals surface area contributed by atoms with Crippen molar-refractivity contribution in [2.24, 2.45) is 0 Å². The highest BCUT2D eigenvalue weighted by molar-refractivity contribution is 6.01. The number of hydrogen-bond acceptors (Lipinski definition) is 7. The Balaban J connectivity index is 1.34. The van der Waals surface area contributed by atoms with Crippen molar-refractivity contribution in [2.45, 2.75) is 26.2 Å². The van der Waals surface area contributed by atoms with Crippen LogP contribution in [0.15, 0.2) is 59.0 Å². The summed E-state index contributed by atoms with van der Waals surface area (Å²) in [5.41, 5.74) is 3.69. The molecule has 2 amide bonds. The molecule has 4 rings (SSSR count). The number of hydroxylamine groups is 2. The van der Waals surface area contributed by atoms with E-state index < -0.39 is 18.0 Å². The first-order valence-corrected chi connectivity index (χ1v) is 9.84. The average molecular weight is 420 g/mol. The molecule has 0 aliphatic carbocycles. The normalized spacial score (nSPS) is 13.5. The molecule has 0 radical (unpaired) electrons. The number of hydrogen-bond donors (Lipinski definition) is 0. The minimum absolute atomic E-state index is 0.0271. The van der Waals surface area contributed by atoms with Gasteiger partial charge in [0.05, 0.1) is 5.69 Å². The molecule has 1 fully saturated rings. The second-order valence-corrected chi connectivity index (χ2v) is 6.99.